The Morgan fingerprint density at radius 2 is 1.84 bits per heavy atom. The van der Waals surface area contributed by atoms with E-state index in [-0.39, 0.29) is 16.6 Å². The molecule has 1 saturated heterocycles. The Labute approximate surface area is 192 Å². The molecule has 0 bridgehead atoms. The molecule has 4 rings (SSSR count). The van der Waals surface area contributed by atoms with Gasteiger partial charge in [-0.15, -0.1) is 0 Å². The molecule has 1 aromatic carbocycles. The molecule has 2 aromatic rings. The summed E-state index contributed by atoms with van der Waals surface area (Å²) in [5.41, 5.74) is -0.207. The summed E-state index contributed by atoms with van der Waals surface area (Å²) in [5, 5.41) is 10.3. The monoisotopic (exact) mass is 470 g/mol. The van der Waals surface area contributed by atoms with Gasteiger partial charge in [-0.2, -0.15) is 5.26 Å². The zero-order valence-corrected chi connectivity index (χ0v) is 19.2. The number of nitrogens with zero attached hydrogens (tertiary/aromatic N) is 4. The van der Waals surface area contributed by atoms with Crippen molar-refractivity contribution in [2.45, 2.75) is 24.2 Å². The summed E-state index contributed by atoms with van der Waals surface area (Å²) in [6.07, 6.45) is 10.1. The van der Waals surface area contributed by atoms with Crippen LogP contribution in [0, 0.1) is 28.6 Å². The molecule has 32 heavy (non-hydrogen) atoms. The molecule has 0 N–H and O–H groups in total. The average Bonchev–Trinajstić information content (AvgIpc) is 3.53. The fourth-order valence-electron chi connectivity index (χ4n) is 4.41. The van der Waals surface area contributed by atoms with Gasteiger partial charge in [0.2, 0.25) is 5.95 Å². The summed E-state index contributed by atoms with van der Waals surface area (Å²) in [7, 11) is -3.31. The van der Waals surface area contributed by atoms with Gasteiger partial charge < -0.3 is 4.90 Å². The van der Waals surface area contributed by atoms with E-state index in [9.17, 15) is 18.5 Å². The van der Waals surface area contributed by atoms with Crippen LogP contribution in [0.1, 0.15) is 29.6 Å². The predicted octanol–water partition coefficient (Wildman–Crippen LogP) is 3.72. The SMILES string of the molecule is CS(=O)(=O)c1ccc(C(=O)C=CC2(C#N)CC2C2CCN(c3ncc(Cl)cn3)CC2)cc1. The fraction of sp³-hybridized carbons (Fsp3) is 0.391. The second kappa shape index (κ2) is 8.64. The van der Waals surface area contributed by atoms with E-state index in [4.69, 9.17) is 11.6 Å². The van der Waals surface area contributed by atoms with Gasteiger partial charge in [0.25, 0.3) is 0 Å². The molecule has 2 unspecified atom stereocenters. The van der Waals surface area contributed by atoms with Crippen LogP contribution in [0.3, 0.4) is 0 Å². The Bertz CT molecular complexity index is 1180. The average molecular weight is 471 g/mol. The van der Waals surface area contributed by atoms with Gasteiger partial charge in [0.05, 0.1) is 33.8 Å². The van der Waals surface area contributed by atoms with Gasteiger partial charge in [0.15, 0.2) is 15.6 Å². The maximum Gasteiger partial charge on any atom is 0.225 e. The molecular weight excluding hydrogens is 448 g/mol. The summed E-state index contributed by atoms with van der Waals surface area (Å²) >= 11 is 5.86. The Kier molecular flexibility index (Phi) is 6.06. The van der Waals surface area contributed by atoms with Gasteiger partial charge in [0.1, 0.15) is 0 Å². The molecule has 7 nitrogen and oxygen atoms in total. The zero-order valence-electron chi connectivity index (χ0n) is 17.6. The highest BCUT2D eigenvalue weighted by molar-refractivity contribution is 7.90. The molecule has 1 saturated carbocycles. The number of benzene rings is 1. The lowest BCUT2D eigenvalue weighted by Gasteiger charge is -2.32. The maximum atomic E-state index is 12.5. The van der Waals surface area contributed by atoms with E-state index < -0.39 is 15.3 Å². The third kappa shape index (κ3) is 4.69. The number of halogens is 1. The van der Waals surface area contributed by atoms with Crippen LogP contribution in [0.2, 0.25) is 5.02 Å². The maximum absolute atomic E-state index is 12.5. The smallest absolute Gasteiger partial charge is 0.225 e. The lowest BCUT2D eigenvalue weighted by molar-refractivity contribution is 0.104. The van der Waals surface area contributed by atoms with E-state index in [0.717, 1.165) is 38.6 Å². The van der Waals surface area contributed by atoms with Crippen molar-refractivity contribution in [3.63, 3.8) is 0 Å². The Hall–Kier alpha value is -2.76. The number of rotatable bonds is 6. The highest BCUT2D eigenvalue weighted by Crippen LogP contribution is 2.59. The standard InChI is InChI=1S/C23H23ClN4O3S/c1-32(30,31)19-4-2-17(3-5-19)21(29)6-9-23(15-25)12-20(23)16-7-10-28(11-8-16)22-26-13-18(24)14-27-22/h2-6,9,13-14,16,20H,7-8,10-12H2,1H3. The minimum atomic E-state index is -3.31. The summed E-state index contributed by atoms with van der Waals surface area (Å²) in [6.45, 7) is 1.64. The number of aromatic nitrogens is 2. The lowest BCUT2D eigenvalue weighted by atomic mass is 9.87. The summed E-state index contributed by atoms with van der Waals surface area (Å²) in [6, 6.07) is 8.27. The number of sulfone groups is 1. The van der Waals surface area contributed by atoms with Crippen LogP contribution >= 0.6 is 11.6 Å². The molecule has 2 fully saturated rings. The van der Waals surface area contributed by atoms with Gasteiger partial charge in [-0.05, 0) is 61.4 Å². The minimum absolute atomic E-state index is 0.170. The molecule has 1 aliphatic carbocycles. The van der Waals surface area contributed by atoms with Crippen molar-refractivity contribution < 1.29 is 13.2 Å². The van der Waals surface area contributed by atoms with Gasteiger partial charge in [-0.1, -0.05) is 17.7 Å². The van der Waals surface area contributed by atoms with Crippen LogP contribution in [0.25, 0.3) is 0 Å². The van der Waals surface area contributed by atoms with Crippen molar-refractivity contribution in [3.8, 4) is 6.07 Å². The van der Waals surface area contributed by atoms with E-state index in [2.05, 4.69) is 20.9 Å². The minimum Gasteiger partial charge on any atom is -0.341 e. The number of carbonyl (C=O) groups is 1. The summed E-state index contributed by atoms with van der Waals surface area (Å²) < 4.78 is 23.1. The molecule has 0 radical (unpaired) electrons. The number of carbonyl (C=O) groups excluding carboxylic acids is 1. The number of hydrogen-bond donors (Lipinski definition) is 0. The first-order chi connectivity index (χ1) is 15.2. The third-order valence-corrected chi connectivity index (χ3v) is 7.69. The molecule has 2 heterocycles. The first-order valence-electron chi connectivity index (χ1n) is 10.4. The molecule has 166 valence electrons. The van der Waals surface area contributed by atoms with E-state index in [1.165, 1.54) is 30.3 Å². The highest BCUT2D eigenvalue weighted by Gasteiger charge is 2.56. The van der Waals surface area contributed by atoms with Crippen LogP contribution in [-0.4, -0.2) is 43.5 Å². The summed E-state index contributed by atoms with van der Waals surface area (Å²) in [4.78, 5) is 23.4. The number of ketones is 1. The molecular formula is C23H23ClN4O3S. The molecule has 1 aromatic heterocycles. The van der Waals surface area contributed by atoms with Crippen LogP contribution in [0.4, 0.5) is 5.95 Å². The van der Waals surface area contributed by atoms with E-state index in [1.807, 2.05) is 0 Å². The Morgan fingerprint density at radius 1 is 1.22 bits per heavy atom. The van der Waals surface area contributed by atoms with E-state index >= 15 is 0 Å². The number of allylic oxidation sites excluding steroid dienone is 2. The van der Waals surface area contributed by atoms with Crippen molar-refractivity contribution in [1.82, 2.24) is 9.97 Å². The summed E-state index contributed by atoms with van der Waals surface area (Å²) in [5.74, 6) is 1.08. The second-order valence-electron chi connectivity index (χ2n) is 8.48. The number of piperidine rings is 1. The molecule has 9 heteroatoms. The third-order valence-electron chi connectivity index (χ3n) is 6.36. The molecule has 2 aliphatic rings. The van der Waals surface area contributed by atoms with E-state index in [0.29, 0.717) is 22.5 Å². The second-order valence-corrected chi connectivity index (χ2v) is 10.9. The van der Waals surface area contributed by atoms with Crippen molar-refractivity contribution >= 4 is 33.2 Å². The first kappa shape index (κ1) is 22.4. The van der Waals surface area contributed by atoms with Crippen LogP contribution in [-0.2, 0) is 9.84 Å². The van der Waals surface area contributed by atoms with Gasteiger partial charge in [-0.3, -0.25) is 4.79 Å². The Balaban J connectivity index is 1.36. The topological polar surface area (TPSA) is 104 Å². The molecule has 0 spiro atoms. The normalized spacial score (nSPS) is 23.8. The molecule has 0 amide bonds. The first-order valence-corrected chi connectivity index (χ1v) is 12.7. The molecule has 2 atom stereocenters. The van der Waals surface area contributed by atoms with Crippen LogP contribution < -0.4 is 4.90 Å². The lowest BCUT2D eigenvalue weighted by Crippen LogP contribution is -2.35. The van der Waals surface area contributed by atoms with Gasteiger partial charge in [-0.25, -0.2) is 18.4 Å². The van der Waals surface area contributed by atoms with Crippen molar-refractivity contribution in [3.05, 3.63) is 59.4 Å². The van der Waals surface area contributed by atoms with Gasteiger partial charge in [0, 0.05) is 24.9 Å². The van der Waals surface area contributed by atoms with Gasteiger partial charge >= 0.3 is 0 Å². The number of hydrogen-bond acceptors (Lipinski definition) is 7. The van der Waals surface area contributed by atoms with Crippen molar-refractivity contribution in [2.24, 2.45) is 17.3 Å². The van der Waals surface area contributed by atoms with Crippen LogP contribution in [0.15, 0.2) is 53.7 Å². The van der Waals surface area contributed by atoms with Crippen molar-refractivity contribution in [2.75, 3.05) is 24.2 Å². The highest BCUT2D eigenvalue weighted by atomic mass is 35.5. The number of anilines is 1. The molecule has 1 aliphatic heterocycles. The van der Waals surface area contributed by atoms with E-state index in [1.54, 1.807) is 18.5 Å². The quantitative estimate of drug-likeness (QED) is 0.468. The predicted molar refractivity (Wildman–Crippen MR) is 121 cm³/mol. The fourth-order valence-corrected chi connectivity index (χ4v) is 5.14. The largest absolute Gasteiger partial charge is 0.341 e. The zero-order chi connectivity index (χ0) is 22.9. The Morgan fingerprint density at radius 3 is 2.41 bits per heavy atom. The van der Waals surface area contributed by atoms with Crippen molar-refractivity contribution in [1.29, 1.82) is 5.26 Å². The number of nitriles is 1. The van der Waals surface area contributed by atoms with Crippen LogP contribution in [0.5, 0.6) is 0 Å².